The van der Waals surface area contributed by atoms with Gasteiger partial charge in [-0.25, -0.2) is 4.39 Å². The molecule has 0 saturated carbocycles. The molecule has 0 aliphatic heterocycles. The summed E-state index contributed by atoms with van der Waals surface area (Å²) in [6.07, 6.45) is 0. The average Bonchev–Trinajstić information content (AvgIpc) is 2.58. The van der Waals surface area contributed by atoms with Crippen molar-refractivity contribution in [3.8, 4) is 0 Å². The Hall–Kier alpha value is -0.0900. The van der Waals surface area contributed by atoms with Crippen LogP contribution >= 0.6 is 50.5 Å². The highest BCUT2D eigenvalue weighted by Crippen LogP contribution is 2.38. The highest BCUT2D eigenvalue weighted by molar-refractivity contribution is 9.10. The van der Waals surface area contributed by atoms with Crippen molar-refractivity contribution in [2.45, 2.75) is 12.3 Å². The van der Waals surface area contributed by atoms with Crippen LogP contribution in [0.2, 0.25) is 5.02 Å². The fraction of sp³-hybridized carbons (Fsp3) is 0.167. The lowest BCUT2D eigenvalue weighted by molar-refractivity contribution is 0.613. The Morgan fingerprint density at radius 3 is 2.59 bits per heavy atom. The topological polar surface area (TPSA) is 0 Å². The summed E-state index contributed by atoms with van der Waals surface area (Å²) in [4.78, 5) is 2.04. The quantitative estimate of drug-likeness (QED) is 0.586. The lowest BCUT2D eigenvalue weighted by atomic mass is 10.1. The molecular formula is C12H8BrCl2FS. The highest BCUT2D eigenvalue weighted by atomic mass is 79.9. The second-order valence-corrected chi connectivity index (χ2v) is 6.60. The zero-order valence-electron chi connectivity index (χ0n) is 8.81. The minimum absolute atomic E-state index is 0.374. The third-order valence-electron chi connectivity index (χ3n) is 2.36. The van der Waals surface area contributed by atoms with Crippen molar-refractivity contribution in [1.29, 1.82) is 0 Å². The lowest BCUT2D eigenvalue weighted by Gasteiger charge is -2.09. The first-order chi connectivity index (χ1) is 7.99. The molecule has 0 aliphatic carbocycles. The summed E-state index contributed by atoms with van der Waals surface area (Å²) in [6.45, 7) is 1.99. The Morgan fingerprint density at radius 1 is 1.35 bits per heavy atom. The van der Waals surface area contributed by atoms with E-state index < -0.39 is 5.38 Å². The van der Waals surface area contributed by atoms with Crippen LogP contribution in [0.25, 0.3) is 0 Å². The van der Waals surface area contributed by atoms with Crippen LogP contribution in [-0.4, -0.2) is 0 Å². The van der Waals surface area contributed by atoms with Gasteiger partial charge in [-0.2, -0.15) is 0 Å². The first-order valence-corrected chi connectivity index (χ1v) is 7.26. The molecule has 0 saturated heterocycles. The fourth-order valence-corrected chi connectivity index (χ4v) is 3.56. The predicted molar refractivity (Wildman–Crippen MR) is 75.9 cm³/mol. The maximum atomic E-state index is 13.7. The summed E-state index contributed by atoms with van der Waals surface area (Å²) >= 11 is 17.0. The zero-order chi connectivity index (χ0) is 12.6. The van der Waals surface area contributed by atoms with Gasteiger partial charge in [-0.15, -0.1) is 22.9 Å². The van der Waals surface area contributed by atoms with E-state index in [2.05, 4.69) is 15.9 Å². The molecule has 17 heavy (non-hydrogen) atoms. The van der Waals surface area contributed by atoms with E-state index in [0.29, 0.717) is 10.6 Å². The molecule has 1 aromatic heterocycles. The number of hydrogen-bond acceptors (Lipinski definition) is 1. The Labute approximate surface area is 121 Å². The van der Waals surface area contributed by atoms with E-state index in [0.717, 1.165) is 14.2 Å². The maximum Gasteiger partial charge on any atom is 0.129 e. The third kappa shape index (κ3) is 2.84. The van der Waals surface area contributed by atoms with Crippen molar-refractivity contribution >= 4 is 50.5 Å². The van der Waals surface area contributed by atoms with Gasteiger partial charge in [-0.05, 0) is 41.1 Å². The van der Waals surface area contributed by atoms with Gasteiger partial charge in [-0.1, -0.05) is 17.7 Å². The van der Waals surface area contributed by atoms with Gasteiger partial charge in [-0.3, -0.25) is 0 Å². The number of halogens is 4. The molecule has 0 aliphatic rings. The Bertz CT molecular complexity index is 534. The molecule has 5 heteroatoms. The normalized spacial score (nSPS) is 12.8. The Balaban J connectivity index is 2.39. The van der Waals surface area contributed by atoms with E-state index in [1.54, 1.807) is 23.5 Å². The SMILES string of the molecule is Cc1sc(C(Cl)c2ccc(Cl)cc2F)cc1Br. The van der Waals surface area contributed by atoms with Crippen LogP contribution in [0.1, 0.15) is 20.7 Å². The van der Waals surface area contributed by atoms with Gasteiger partial charge in [0.25, 0.3) is 0 Å². The number of alkyl halides is 1. The van der Waals surface area contributed by atoms with Crippen molar-refractivity contribution in [3.05, 3.63) is 54.9 Å². The van der Waals surface area contributed by atoms with Gasteiger partial charge in [0.15, 0.2) is 0 Å². The number of rotatable bonds is 2. The second kappa shape index (κ2) is 5.27. The van der Waals surface area contributed by atoms with Crippen molar-refractivity contribution in [2.24, 2.45) is 0 Å². The lowest BCUT2D eigenvalue weighted by Crippen LogP contribution is -1.94. The number of aryl methyl sites for hydroxylation is 1. The molecule has 0 N–H and O–H groups in total. The second-order valence-electron chi connectivity index (χ2n) is 3.58. The van der Waals surface area contributed by atoms with Crippen molar-refractivity contribution in [1.82, 2.24) is 0 Å². The van der Waals surface area contributed by atoms with Crippen molar-refractivity contribution in [2.75, 3.05) is 0 Å². The van der Waals surface area contributed by atoms with E-state index >= 15 is 0 Å². The molecule has 0 spiro atoms. The molecule has 90 valence electrons. The van der Waals surface area contributed by atoms with Crippen LogP contribution in [0.15, 0.2) is 28.7 Å². The summed E-state index contributed by atoms with van der Waals surface area (Å²) in [6, 6.07) is 6.47. The molecule has 0 amide bonds. The minimum atomic E-state index is -0.484. The van der Waals surface area contributed by atoms with Crippen LogP contribution in [0.5, 0.6) is 0 Å². The van der Waals surface area contributed by atoms with Gasteiger partial charge in [0.1, 0.15) is 5.82 Å². The molecule has 1 atom stereocenters. The van der Waals surface area contributed by atoms with E-state index in [-0.39, 0.29) is 5.82 Å². The van der Waals surface area contributed by atoms with Crippen LogP contribution in [-0.2, 0) is 0 Å². The van der Waals surface area contributed by atoms with Gasteiger partial charge >= 0.3 is 0 Å². The molecule has 1 aromatic carbocycles. The summed E-state index contributed by atoms with van der Waals surface area (Å²) in [5, 5.41) is -0.110. The van der Waals surface area contributed by atoms with Crippen LogP contribution in [0, 0.1) is 12.7 Å². The molecule has 2 aromatic rings. The Morgan fingerprint density at radius 2 is 2.06 bits per heavy atom. The summed E-state index contributed by atoms with van der Waals surface area (Å²) in [7, 11) is 0. The Kier molecular flexibility index (Phi) is 4.14. The molecule has 0 nitrogen and oxygen atoms in total. The number of thiophene rings is 1. The molecule has 0 radical (unpaired) electrons. The first kappa shape index (κ1) is 13.3. The molecule has 2 rings (SSSR count). The predicted octanol–water partition coefficient (Wildman–Crippen LogP) is 5.94. The molecule has 1 unspecified atom stereocenters. The van der Waals surface area contributed by atoms with Gasteiger partial charge in [0.2, 0.25) is 0 Å². The molecule has 0 bridgehead atoms. The van der Waals surface area contributed by atoms with E-state index in [4.69, 9.17) is 23.2 Å². The molecular weight excluding hydrogens is 346 g/mol. The monoisotopic (exact) mass is 352 g/mol. The van der Waals surface area contributed by atoms with Crippen molar-refractivity contribution in [3.63, 3.8) is 0 Å². The molecule has 1 heterocycles. The minimum Gasteiger partial charge on any atom is -0.207 e. The third-order valence-corrected chi connectivity index (χ3v) is 5.40. The van der Waals surface area contributed by atoms with Gasteiger partial charge in [0, 0.05) is 24.8 Å². The van der Waals surface area contributed by atoms with E-state index in [9.17, 15) is 4.39 Å². The van der Waals surface area contributed by atoms with Crippen LogP contribution in [0.3, 0.4) is 0 Å². The van der Waals surface area contributed by atoms with Gasteiger partial charge in [0.05, 0.1) is 5.38 Å². The standard InChI is InChI=1S/C12H8BrCl2FS/c1-6-9(13)5-11(17-6)12(15)8-3-2-7(14)4-10(8)16/h2-5,12H,1H3. The summed E-state index contributed by atoms with van der Waals surface area (Å²) in [5.74, 6) is -0.375. The summed E-state index contributed by atoms with van der Waals surface area (Å²) < 4.78 is 14.7. The van der Waals surface area contributed by atoms with Crippen molar-refractivity contribution < 1.29 is 4.39 Å². The smallest absolute Gasteiger partial charge is 0.129 e. The first-order valence-electron chi connectivity index (χ1n) is 4.84. The fourth-order valence-electron chi connectivity index (χ4n) is 1.47. The largest absolute Gasteiger partial charge is 0.207 e. The summed E-state index contributed by atoms with van der Waals surface area (Å²) in [5.41, 5.74) is 0.449. The van der Waals surface area contributed by atoms with E-state index in [1.807, 2.05) is 13.0 Å². The van der Waals surface area contributed by atoms with Gasteiger partial charge < -0.3 is 0 Å². The van der Waals surface area contributed by atoms with E-state index in [1.165, 1.54) is 6.07 Å². The van der Waals surface area contributed by atoms with Crippen LogP contribution in [0.4, 0.5) is 4.39 Å². The number of hydrogen-bond donors (Lipinski definition) is 0. The van der Waals surface area contributed by atoms with Crippen LogP contribution < -0.4 is 0 Å². The zero-order valence-corrected chi connectivity index (χ0v) is 12.7. The average molecular weight is 354 g/mol. The highest BCUT2D eigenvalue weighted by Gasteiger charge is 2.18. The maximum absolute atomic E-state index is 13.7. The number of benzene rings is 1. The molecule has 0 fully saturated rings.